The van der Waals surface area contributed by atoms with Crippen molar-refractivity contribution in [1.29, 1.82) is 0 Å². The first-order valence-corrected chi connectivity index (χ1v) is 3.98. The second-order valence-electron chi connectivity index (χ2n) is 2.73. The normalized spacial score (nSPS) is 10.5. The highest BCUT2D eigenvalue weighted by molar-refractivity contribution is 5.94. The average Bonchev–Trinajstić information content (AvgIpc) is 2.59. The molecule has 0 aromatic carbocycles. The molecule has 0 radical (unpaired) electrons. The van der Waals surface area contributed by atoms with Gasteiger partial charge in [0.15, 0.2) is 0 Å². The van der Waals surface area contributed by atoms with E-state index in [1.165, 1.54) is 17.8 Å². The Morgan fingerprint density at radius 2 is 2.27 bits per heavy atom. The smallest absolute Gasteiger partial charge is 0.343 e. The summed E-state index contributed by atoms with van der Waals surface area (Å²) in [5.74, 6) is -0.221. The number of ether oxygens (including phenoxy) is 1. The van der Waals surface area contributed by atoms with Crippen molar-refractivity contribution in [3.05, 3.63) is 11.8 Å². The zero-order valence-electron chi connectivity index (χ0n) is 7.84. The lowest BCUT2D eigenvalue weighted by Gasteiger charge is -2.03. The van der Waals surface area contributed by atoms with Crippen LogP contribution in [0.15, 0.2) is 6.20 Å². The Hall–Kier alpha value is -2.38. The van der Waals surface area contributed by atoms with Gasteiger partial charge in [0.25, 0.3) is 5.78 Å². The van der Waals surface area contributed by atoms with Gasteiger partial charge in [-0.3, -0.25) is 0 Å². The van der Waals surface area contributed by atoms with Crippen LogP contribution < -0.4 is 11.5 Å². The van der Waals surface area contributed by atoms with E-state index in [4.69, 9.17) is 11.5 Å². The van der Waals surface area contributed by atoms with Gasteiger partial charge < -0.3 is 16.2 Å². The van der Waals surface area contributed by atoms with Crippen LogP contribution in [0.1, 0.15) is 10.4 Å². The Morgan fingerprint density at radius 3 is 2.93 bits per heavy atom. The molecule has 0 unspecified atom stereocenters. The summed E-state index contributed by atoms with van der Waals surface area (Å²) in [6, 6.07) is 0. The predicted octanol–water partition coefficient (Wildman–Crippen LogP) is -0.925. The Bertz CT molecular complexity index is 534. The molecule has 4 N–H and O–H groups in total. The first-order valence-electron chi connectivity index (χ1n) is 3.98. The maximum Gasteiger partial charge on any atom is 0.343 e. The van der Waals surface area contributed by atoms with Crippen LogP contribution in [0.5, 0.6) is 0 Å². The van der Waals surface area contributed by atoms with Gasteiger partial charge in [0.2, 0.25) is 5.95 Å². The molecule has 0 saturated carbocycles. The molecule has 2 heterocycles. The number of hydrogen-bond acceptors (Lipinski definition) is 7. The summed E-state index contributed by atoms with van der Waals surface area (Å²) in [6.45, 7) is 0. The van der Waals surface area contributed by atoms with E-state index in [0.717, 1.165) is 0 Å². The molecule has 0 aliphatic carbocycles. The fourth-order valence-electron chi connectivity index (χ4n) is 1.13. The number of carbonyl (C=O) groups excluding carboxylic acids is 1. The van der Waals surface area contributed by atoms with E-state index in [1.807, 2.05) is 0 Å². The maximum atomic E-state index is 11.2. The molecular formula is C7H8N6O2. The molecular weight excluding hydrogens is 200 g/mol. The Kier molecular flexibility index (Phi) is 1.89. The van der Waals surface area contributed by atoms with Gasteiger partial charge in [-0.1, -0.05) is 0 Å². The molecule has 8 nitrogen and oxygen atoms in total. The second kappa shape index (κ2) is 3.08. The van der Waals surface area contributed by atoms with Crippen molar-refractivity contribution in [1.82, 2.24) is 19.6 Å². The standard InChI is InChI=1S/C7H8N6O2/c1-15-5(14)3-2-10-7-11-6(9)12-13(7)4(3)8/h2H,8H2,1H3,(H2,9,12). The number of hydrogen-bond donors (Lipinski definition) is 2. The molecule has 0 amide bonds. The minimum atomic E-state index is -0.587. The summed E-state index contributed by atoms with van der Waals surface area (Å²) in [5.41, 5.74) is 11.2. The summed E-state index contributed by atoms with van der Waals surface area (Å²) < 4.78 is 5.70. The molecule has 0 saturated heterocycles. The molecule has 0 aliphatic rings. The highest BCUT2D eigenvalue weighted by Crippen LogP contribution is 2.12. The van der Waals surface area contributed by atoms with Crippen molar-refractivity contribution in [3.63, 3.8) is 0 Å². The number of carbonyl (C=O) groups is 1. The lowest BCUT2D eigenvalue weighted by atomic mass is 10.3. The summed E-state index contributed by atoms with van der Waals surface area (Å²) in [7, 11) is 1.25. The number of fused-ring (bicyclic) bond motifs is 1. The quantitative estimate of drug-likeness (QED) is 0.581. The second-order valence-corrected chi connectivity index (χ2v) is 2.73. The number of methoxy groups -OCH3 is 1. The van der Waals surface area contributed by atoms with Gasteiger partial charge in [-0.15, -0.1) is 5.10 Å². The summed E-state index contributed by atoms with van der Waals surface area (Å²) >= 11 is 0. The Morgan fingerprint density at radius 1 is 1.53 bits per heavy atom. The Balaban J connectivity index is 2.69. The van der Waals surface area contributed by atoms with Crippen LogP contribution in [0.4, 0.5) is 11.8 Å². The van der Waals surface area contributed by atoms with Crippen LogP contribution >= 0.6 is 0 Å². The summed E-state index contributed by atoms with van der Waals surface area (Å²) in [5, 5.41) is 3.78. The van der Waals surface area contributed by atoms with E-state index in [2.05, 4.69) is 19.8 Å². The van der Waals surface area contributed by atoms with E-state index >= 15 is 0 Å². The number of esters is 1. The van der Waals surface area contributed by atoms with Gasteiger partial charge in [-0.2, -0.15) is 9.50 Å². The third-order valence-corrected chi connectivity index (χ3v) is 1.83. The van der Waals surface area contributed by atoms with Crippen LogP contribution in [0.2, 0.25) is 0 Å². The minimum Gasteiger partial charge on any atom is -0.465 e. The largest absolute Gasteiger partial charge is 0.465 e. The molecule has 2 aromatic rings. The van der Waals surface area contributed by atoms with Crippen LogP contribution in [0.3, 0.4) is 0 Å². The number of aromatic nitrogens is 4. The van der Waals surface area contributed by atoms with E-state index in [0.29, 0.717) is 0 Å². The van der Waals surface area contributed by atoms with E-state index in [1.54, 1.807) is 0 Å². The zero-order valence-corrected chi connectivity index (χ0v) is 7.84. The molecule has 0 spiro atoms. The fourth-order valence-corrected chi connectivity index (χ4v) is 1.13. The summed E-state index contributed by atoms with van der Waals surface area (Å²) in [6.07, 6.45) is 1.27. The highest BCUT2D eigenvalue weighted by atomic mass is 16.5. The molecule has 8 heteroatoms. The third kappa shape index (κ3) is 1.31. The molecule has 78 valence electrons. The van der Waals surface area contributed by atoms with Crippen molar-refractivity contribution < 1.29 is 9.53 Å². The number of rotatable bonds is 1. The monoisotopic (exact) mass is 208 g/mol. The number of anilines is 2. The lowest BCUT2D eigenvalue weighted by Crippen LogP contribution is -2.11. The van der Waals surface area contributed by atoms with Gasteiger partial charge in [0.1, 0.15) is 11.4 Å². The van der Waals surface area contributed by atoms with E-state index < -0.39 is 5.97 Å². The topological polar surface area (TPSA) is 121 Å². The number of nitrogens with zero attached hydrogens (tertiary/aromatic N) is 4. The number of nitrogen functional groups attached to an aromatic ring is 2. The van der Waals surface area contributed by atoms with Gasteiger partial charge >= 0.3 is 5.97 Å². The molecule has 0 bridgehead atoms. The third-order valence-electron chi connectivity index (χ3n) is 1.83. The molecule has 15 heavy (non-hydrogen) atoms. The van der Waals surface area contributed by atoms with Crippen molar-refractivity contribution in [2.45, 2.75) is 0 Å². The first kappa shape index (κ1) is 9.19. The molecule has 0 aliphatic heterocycles. The van der Waals surface area contributed by atoms with E-state index in [-0.39, 0.29) is 23.1 Å². The maximum absolute atomic E-state index is 11.2. The van der Waals surface area contributed by atoms with Crippen molar-refractivity contribution in [2.75, 3.05) is 18.6 Å². The fraction of sp³-hybridized carbons (Fsp3) is 0.143. The summed E-state index contributed by atoms with van der Waals surface area (Å²) in [4.78, 5) is 18.9. The predicted molar refractivity (Wildman–Crippen MR) is 50.9 cm³/mol. The minimum absolute atomic E-state index is 0.0382. The molecule has 2 aromatic heterocycles. The lowest BCUT2D eigenvalue weighted by molar-refractivity contribution is 0.0601. The Labute approximate surface area is 83.9 Å². The van der Waals surface area contributed by atoms with Crippen LogP contribution in [0.25, 0.3) is 5.78 Å². The first-order chi connectivity index (χ1) is 7.13. The van der Waals surface area contributed by atoms with Crippen LogP contribution in [0, 0.1) is 0 Å². The van der Waals surface area contributed by atoms with Crippen molar-refractivity contribution >= 4 is 23.5 Å². The molecule has 0 fully saturated rings. The molecule has 2 rings (SSSR count). The van der Waals surface area contributed by atoms with Gasteiger partial charge in [0.05, 0.1) is 7.11 Å². The van der Waals surface area contributed by atoms with Gasteiger partial charge in [0, 0.05) is 6.20 Å². The number of nitrogens with two attached hydrogens (primary N) is 2. The van der Waals surface area contributed by atoms with E-state index in [9.17, 15) is 4.79 Å². The van der Waals surface area contributed by atoms with Gasteiger partial charge in [-0.25, -0.2) is 9.78 Å². The van der Waals surface area contributed by atoms with Crippen molar-refractivity contribution in [2.24, 2.45) is 0 Å². The van der Waals surface area contributed by atoms with Crippen molar-refractivity contribution in [3.8, 4) is 0 Å². The van der Waals surface area contributed by atoms with Gasteiger partial charge in [-0.05, 0) is 0 Å². The highest BCUT2D eigenvalue weighted by Gasteiger charge is 2.15. The molecule has 0 atom stereocenters. The van der Waals surface area contributed by atoms with Crippen LogP contribution in [-0.4, -0.2) is 32.7 Å². The average molecular weight is 208 g/mol. The SMILES string of the molecule is COC(=O)c1cnc2nc(N)nn2c1N. The zero-order chi connectivity index (χ0) is 11.0. The van der Waals surface area contributed by atoms with Crippen LogP contribution in [-0.2, 0) is 4.74 Å².